The normalized spacial score (nSPS) is 10.2. The molecule has 0 bridgehead atoms. The molecule has 110 valence electrons. The Balaban J connectivity index is 2.79. The summed E-state index contributed by atoms with van der Waals surface area (Å²) in [6.45, 7) is 5.13. The van der Waals surface area contributed by atoms with Gasteiger partial charge in [-0.1, -0.05) is 0 Å². The second-order valence-electron chi connectivity index (χ2n) is 4.30. The quantitative estimate of drug-likeness (QED) is 0.631. The number of benzene rings is 1. The molecule has 0 atom stereocenters. The Bertz CT molecular complexity index is 484. The Kier molecular flexibility index (Phi) is 5.83. The van der Waals surface area contributed by atoms with Crippen molar-refractivity contribution in [2.24, 2.45) is 0 Å². The number of rotatable bonds is 6. The first-order valence-corrected chi connectivity index (χ1v) is 6.33. The number of carbonyl (C=O) groups excluding carboxylic acids is 2. The van der Waals surface area contributed by atoms with Gasteiger partial charge in [0.25, 0.3) is 0 Å². The van der Waals surface area contributed by atoms with Gasteiger partial charge in [-0.3, -0.25) is 0 Å². The van der Waals surface area contributed by atoms with Crippen molar-refractivity contribution in [1.29, 1.82) is 0 Å². The van der Waals surface area contributed by atoms with E-state index < -0.39 is 11.9 Å². The molecule has 0 amide bonds. The van der Waals surface area contributed by atoms with E-state index in [-0.39, 0.29) is 30.6 Å². The van der Waals surface area contributed by atoms with Gasteiger partial charge >= 0.3 is 11.9 Å². The number of hydrogen-bond acceptors (Lipinski definition) is 6. The van der Waals surface area contributed by atoms with Crippen LogP contribution in [-0.2, 0) is 14.3 Å². The van der Waals surface area contributed by atoms with Crippen LogP contribution in [0, 0.1) is 0 Å². The predicted octanol–water partition coefficient (Wildman–Crippen LogP) is 1.78. The van der Waals surface area contributed by atoms with Crippen molar-refractivity contribution < 1.29 is 23.8 Å². The molecule has 0 aromatic heterocycles. The van der Waals surface area contributed by atoms with E-state index in [9.17, 15) is 9.59 Å². The standard InChI is InChI=1S/C14H19NO5/c1-4-18-14(17)11-6-5-10(15)7-12(11)19-8-13(16)20-9(2)3/h5-7,9H,4,8,15H2,1-3H3. The monoisotopic (exact) mass is 281 g/mol. The third kappa shape index (κ3) is 4.79. The van der Waals surface area contributed by atoms with Gasteiger partial charge < -0.3 is 19.9 Å². The van der Waals surface area contributed by atoms with E-state index in [0.717, 1.165) is 0 Å². The molecule has 6 heteroatoms. The number of carbonyl (C=O) groups is 2. The summed E-state index contributed by atoms with van der Waals surface area (Å²) in [4.78, 5) is 23.2. The Morgan fingerprint density at radius 1 is 1.30 bits per heavy atom. The summed E-state index contributed by atoms with van der Waals surface area (Å²) < 4.78 is 15.1. The fourth-order valence-corrected chi connectivity index (χ4v) is 1.47. The summed E-state index contributed by atoms with van der Waals surface area (Å²) >= 11 is 0. The van der Waals surface area contributed by atoms with Crippen molar-refractivity contribution in [2.75, 3.05) is 18.9 Å². The zero-order chi connectivity index (χ0) is 15.1. The summed E-state index contributed by atoms with van der Waals surface area (Å²) in [6.07, 6.45) is -0.225. The van der Waals surface area contributed by atoms with Crippen molar-refractivity contribution in [3.05, 3.63) is 23.8 Å². The predicted molar refractivity (Wildman–Crippen MR) is 73.5 cm³/mol. The minimum Gasteiger partial charge on any atom is -0.481 e. The van der Waals surface area contributed by atoms with Gasteiger partial charge in [0.05, 0.1) is 12.7 Å². The highest BCUT2D eigenvalue weighted by Crippen LogP contribution is 2.22. The van der Waals surface area contributed by atoms with Crippen LogP contribution in [0.3, 0.4) is 0 Å². The van der Waals surface area contributed by atoms with Crippen molar-refractivity contribution >= 4 is 17.6 Å². The van der Waals surface area contributed by atoms with E-state index in [1.165, 1.54) is 12.1 Å². The zero-order valence-electron chi connectivity index (χ0n) is 11.8. The number of nitrogens with two attached hydrogens (primary N) is 1. The summed E-state index contributed by atoms with van der Waals surface area (Å²) in [5.74, 6) is -0.846. The molecular formula is C14H19NO5. The van der Waals surface area contributed by atoms with Crippen molar-refractivity contribution in [1.82, 2.24) is 0 Å². The van der Waals surface area contributed by atoms with Crippen LogP contribution >= 0.6 is 0 Å². The number of nitrogen functional groups attached to an aromatic ring is 1. The highest BCUT2D eigenvalue weighted by molar-refractivity contribution is 5.93. The Labute approximate surface area is 117 Å². The third-order valence-corrected chi connectivity index (χ3v) is 2.21. The minimum absolute atomic E-state index is 0.198. The molecule has 1 aromatic rings. The van der Waals surface area contributed by atoms with Crippen LogP contribution in [0.25, 0.3) is 0 Å². The van der Waals surface area contributed by atoms with E-state index in [0.29, 0.717) is 5.69 Å². The van der Waals surface area contributed by atoms with Crippen molar-refractivity contribution in [2.45, 2.75) is 26.9 Å². The molecular weight excluding hydrogens is 262 g/mol. The lowest BCUT2D eigenvalue weighted by Crippen LogP contribution is -2.19. The maximum absolute atomic E-state index is 11.7. The van der Waals surface area contributed by atoms with Gasteiger partial charge in [-0.2, -0.15) is 0 Å². The fraction of sp³-hybridized carbons (Fsp3) is 0.429. The Hall–Kier alpha value is -2.24. The number of anilines is 1. The van der Waals surface area contributed by atoms with Crippen molar-refractivity contribution in [3.8, 4) is 5.75 Å². The topological polar surface area (TPSA) is 87.9 Å². The second kappa shape index (κ2) is 7.37. The van der Waals surface area contributed by atoms with Gasteiger partial charge in [0.2, 0.25) is 0 Å². The molecule has 6 nitrogen and oxygen atoms in total. The highest BCUT2D eigenvalue weighted by Gasteiger charge is 2.16. The summed E-state index contributed by atoms with van der Waals surface area (Å²) in [7, 11) is 0. The first kappa shape index (κ1) is 15.8. The van der Waals surface area contributed by atoms with Gasteiger partial charge in [-0.05, 0) is 32.9 Å². The van der Waals surface area contributed by atoms with Gasteiger partial charge in [-0.25, -0.2) is 9.59 Å². The Morgan fingerprint density at radius 3 is 2.60 bits per heavy atom. The van der Waals surface area contributed by atoms with E-state index in [4.69, 9.17) is 19.9 Å². The van der Waals surface area contributed by atoms with Crippen LogP contribution in [0.15, 0.2) is 18.2 Å². The molecule has 0 saturated heterocycles. The summed E-state index contributed by atoms with van der Waals surface area (Å²) in [5.41, 5.74) is 6.28. The van der Waals surface area contributed by atoms with Crippen LogP contribution in [0.2, 0.25) is 0 Å². The first-order chi connectivity index (χ1) is 9.43. The summed E-state index contributed by atoms with van der Waals surface area (Å²) in [5, 5.41) is 0. The lowest BCUT2D eigenvalue weighted by molar-refractivity contribution is -0.149. The van der Waals surface area contributed by atoms with Crippen LogP contribution < -0.4 is 10.5 Å². The van der Waals surface area contributed by atoms with Crippen LogP contribution in [0.4, 0.5) is 5.69 Å². The zero-order valence-corrected chi connectivity index (χ0v) is 11.8. The molecule has 0 aliphatic rings. The van der Waals surface area contributed by atoms with E-state index in [1.54, 1.807) is 26.8 Å². The number of esters is 2. The maximum atomic E-state index is 11.7. The molecule has 0 unspecified atom stereocenters. The molecule has 0 saturated carbocycles. The molecule has 0 spiro atoms. The molecule has 0 fully saturated rings. The molecule has 0 heterocycles. The van der Waals surface area contributed by atoms with Gasteiger partial charge in [0, 0.05) is 11.8 Å². The van der Waals surface area contributed by atoms with E-state index in [1.807, 2.05) is 0 Å². The lowest BCUT2D eigenvalue weighted by Gasteiger charge is -2.12. The SMILES string of the molecule is CCOC(=O)c1ccc(N)cc1OCC(=O)OC(C)C. The van der Waals surface area contributed by atoms with E-state index in [2.05, 4.69) is 0 Å². The second-order valence-corrected chi connectivity index (χ2v) is 4.30. The fourth-order valence-electron chi connectivity index (χ4n) is 1.47. The summed E-state index contributed by atoms with van der Waals surface area (Å²) in [6, 6.07) is 4.52. The maximum Gasteiger partial charge on any atom is 0.344 e. The third-order valence-electron chi connectivity index (χ3n) is 2.21. The lowest BCUT2D eigenvalue weighted by atomic mass is 10.2. The molecule has 0 radical (unpaired) electrons. The van der Waals surface area contributed by atoms with Crippen LogP contribution in [0.1, 0.15) is 31.1 Å². The number of ether oxygens (including phenoxy) is 3. The van der Waals surface area contributed by atoms with Gasteiger partial charge in [-0.15, -0.1) is 0 Å². The molecule has 1 aromatic carbocycles. The molecule has 1 rings (SSSR count). The van der Waals surface area contributed by atoms with Crippen LogP contribution in [0.5, 0.6) is 5.75 Å². The largest absolute Gasteiger partial charge is 0.481 e. The average Bonchev–Trinajstić information content (AvgIpc) is 2.36. The van der Waals surface area contributed by atoms with Gasteiger partial charge in [0.1, 0.15) is 11.3 Å². The molecule has 2 N–H and O–H groups in total. The van der Waals surface area contributed by atoms with Gasteiger partial charge in [0.15, 0.2) is 6.61 Å². The molecule has 0 aliphatic carbocycles. The molecule has 20 heavy (non-hydrogen) atoms. The minimum atomic E-state index is -0.528. The highest BCUT2D eigenvalue weighted by atomic mass is 16.6. The average molecular weight is 281 g/mol. The van der Waals surface area contributed by atoms with Crippen molar-refractivity contribution in [3.63, 3.8) is 0 Å². The first-order valence-electron chi connectivity index (χ1n) is 6.33. The smallest absolute Gasteiger partial charge is 0.344 e. The van der Waals surface area contributed by atoms with Crippen LogP contribution in [-0.4, -0.2) is 31.3 Å². The Morgan fingerprint density at radius 2 is 2.00 bits per heavy atom. The number of hydrogen-bond donors (Lipinski definition) is 1. The van der Waals surface area contributed by atoms with E-state index >= 15 is 0 Å². The molecule has 0 aliphatic heterocycles.